The molecule has 266 valence electrons. The molecule has 0 N–H and O–H groups in total. The van der Waals surface area contributed by atoms with Crippen LogP contribution in [0.4, 0.5) is 11.4 Å². The number of furan rings is 1. The van der Waals surface area contributed by atoms with E-state index in [-0.39, 0.29) is 0 Å². The molecule has 0 saturated carbocycles. The van der Waals surface area contributed by atoms with E-state index in [0.717, 1.165) is 61.9 Å². The fourth-order valence-corrected chi connectivity index (χ4v) is 9.12. The number of aryl methyl sites for hydroxylation is 1. The standard InChI is InChI=1S/C52H41NOS/c1-4-6-7-8-16-36-17-15-19-39(33-36)37-25-29-41(30-26-37)53(47(5-2)52-35(3)42-20-12-14-24-50(42)55-52)48-23-13-11-21-43(48)40-28-32-49-46(34-40)45-31-27-38-18-9-10-22-44(38)51(45)54-49/h4-15,17-34H,16H2,1-3H3/b6-4-,8-7-,47-5+. The van der Waals surface area contributed by atoms with Crippen molar-refractivity contribution in [2.45, 2.75) is 27.2 Å². The molecule has 9 rings (SSSR count). The van der Waals surface area contributed by atoms with Crippen LogP contribution < -0.4 is 4.90 Å². The SMILES string of the molecule is C/C=C\C=C/Cc1cccc(-c2ccc(N(/C(=C/C)c3sc4ccccc4c3C)c3ccccc3-c3ccc4oc5c6ccccc6ccc5c4c3)cc2)c1. The van der Waals surface area contributed by atoms with Gasteiger partial charge in [-0.25, -0.2) is 0 Å². The largest absolute Gasteiger partial charge is 0.455 e. The van der Waals surface area contributed by atoms with E-state index in [1.54, 1.807) is 0 Å². The summed E-state index contributed by atoms with van der Waals surface area (Å²) in [6.07, 6.45) is 11.6. The van der Waals surface area contributed by atoms with Gasteiger partial charge in [0, 0.05) is 32.1 Å². The summed E-state index contributed by atoms with van der Waals surface area (Å²) in [4.78, 5) is 3.72. The first-order chi connectivity index (χ1) is 27.1. The second-order valence-corrected chi connectivity index (χ2v) is 15.0. The normalized spacial score (nSPS) is 12.3. The minimum absolute atomic E-state index is 0.896. The molecule has 0 aliphatic carbocycles. The molecule has 0 aliphatic heterocycles. The summed E-state index contributed by atoms with van der Waals surface area (Å²) in [5.74, 6) is 0. The molecule has 0 saturated heterocycles. The van der Waals surface area contributed by atoms with E-state index in [4.69, 9.17) is 4.42 Å². The molecule has 0 spiro atoms. The highest BCUT2D eigenvalue weighted by atomic mass is 32.1. The summed E-state index contributed by atoms with van der Waals surface area (Å²) in [5.41, 5.74) is 12.5. The minimum atomic E-state index is 0.896. The highest BCUT2D eigenvalue weighted by molar-refractivity contribution is 7.20. The number of thiophene rings is 1. The van der Waals surface area contributed by atoms with Crippen molar-refractivity contribution in [3.8, 4) is 22.3 Å². The van der Waals surface area contributed by atoms with Gasteiger partial charge in [-0.2, -0.15) is 0 Å². The van der Waals surface area contributed by atoms with Crippen LogP contribution in [0.25, 0.3) is 70.7 Å². The van der Waals surface area contributed by atoms with Gasteiger partial charge < -0.3 is 9.32 Å². The summed E-state index contributed by atoms with van der Waals surface area (Å²) < 4.78 is 7.81. The lowest BCUT2D eigenvalue weighted by atomic mass is 9.98. The van der Waals surface area contributed by atoms with Gasteiger partial charge >= 0.3 is 0 Å². The van der Waals surface area contributed by atoms with Crippen LogP contribution in [0.1, 0.15) is 29.9 Å². The summed E-state index contributed by atoms with van der Waals surface area (Å²) >= 11 is 1.86. The molecule has 0 fully saturated rings. The maximum Gasteiger partial charge on any atom is 0.143 e. The van der Waals surface area contributed by atoms with Gasteiger partial charge in [0.1, 0.15) is 11.2 Å². The first-order valence-corrected chi connectivity index (χ1v) is 19.8. The zero-order valence-electron chi connectivity index (χ0n) is 31.3. The second-order valence-electron chi connectivity index (χ2n) is 14.0. The Hall–Kier alpha value is -6.42. The van der Waals surface area contributed by atoms with Gasteiger partial charge in [0.2, 0.25) is 0 Å². The van der Waals surface area contributed by atoms with E-state index >= 15 is 0 Å². The predicted octanol–water partition coefficient (Wildman–Crippen LogP) is 15.5. The van der Waals surface area contributed by atoms with Crippen LogP contribution in [-0.4, -0.2) is 0 Å². The Balaban J connectivity index is 1.18. The third-order valence-corrected chi connectivity index (χ3v) is 11.9. The lowest BCUT2D eigenvalue weighted by Crippen LogP contribution is -2.16. The number of anilines is 2. The molecule has 3 heteroatoms. The molecular weight excluding hydrogens is 687 g/mol. The van der Waals surface area contributed by atoms with Crippen molar-refractivity contribution in [2.75, 3.05) is 4.90 Å². The van der Waals surface area contributed by atoms with Crippen molar-refractivity contribution in [3.63, 3.8) is 0 Å². The van der Waals surface area contributed by atoms with Gasteiger partial charge in [-0.1, -0.05) is 140 Å². The Morgan fingerprint density at radius 3 is 2.25 bits per heavy atom. The first-order valence-electron chi connectivity index (χ1n) is 19.0. The van der Waals surface area contributed by atoms with Crippen molar-refractivity contribution in [1.29, 1.82) is 0 Å². The van der Waals surface area contributed by atoms with Crippen LogP contribution in [-0.2, 0) is 6.42 Å². The van der Waals surface area contributed by atoms with Crippen LogP contribution in [0, 0.1) is 6.92 Å². The van der Waals surface area contributed by atoms with E-state index in [0.29, 0.717) is 0 Å². The van der Waals surface area contributed by atoms with Crippen LogP contribution in [0.3, 0.4) is 0 Å². The fourth-order valence-electron chi connectivity index (χ4n) is 7.85. The van der Waals surface area contributed by atoms with Crippen LogP contribution in [0.2, 0.25) is 0 Å². The summed E-state index contributed by atoms with van der Waals surface area (Å²) in [5, 5.41) is 5.87. The van der Waals surface area contributed by atoms with E-state index in [1.807, 2.05) is 18.3 Å². The van der Waals surface area contributed by atoms with E-state index in [2.05, 4.69) is 201 Å². The van der Waals surface area contributed by atoms with Gasteiger partial charge in [-0.3, -0.25) is 0 Å². The first kappa shape index (κ1) is 34.4. The molecule has 2 nitrogen and oxygen atoms in total. The van der Waals surface area contributed by atoms with Crippen molar-refractivity contribution < 1.29 is 4.42 Å². The van der Waals surface area contributed by atoms with Crippen LogP contribution >= 0.6 is 11.3 Å². The smallest absolute Gasteiger partial charge is 0.143 e. The molecule has 0 aliphatic rings. The van der Waals surface area contributed by atoms with Gasteiger partial charge in [0.05, 0.1) is 16.3 Å². The molecule has 2 heterocycles. The maximum absolute atomic E-state index is 6.52. The third kappa shape index (κ3) is 6.37. The van der Waals surface area contributed by atoms with E-state index in [1.165, 1.54) is 42.6 Å². The van der Waals surface area contributed by atoms with Gasteiger partial charge in [-0.15, -0.1) is 11.3 Å². The Labute approximate surface area is 326 Å². The molecule has 55 heavy (non-hydrogen) atoms. The Morgan fingerprint density at radius 1 is 0.636 bits per heavy atom. The number of hydrogen-bond donors (Lipinski definition) is 0. The second kappa shape index (κ2) is 14.8. The molecule has 0 amide bonds. The predicted molar refractivity (Wildman–Crippen MR) is 239 cm³/mol. The van der Waals surface area contributed by atoms with Crippen molar-refractivity contribution in [2.24, 2.45) is 0 Å². The molecule has 9 aromatic rings. The van der Waals surface area contributed by atoms with Gasteiger partial charge in [0.15, 0.2) is 0 Å². The van der Waals surface area contributed by atoms with Gasteiger partial charge in [-0.05, 0) is 108 Å². The number of para-hydroxylation sites is 1. The zero-order valence-corrected chi connectivity index (χ0v) is 32.1. The number of fused-ring (bicyclic) bond motifs is 6. The summed E-state index contributed by atoms with van der Waals surface area (Å²) in [6.45, 7) is 6.46. The lowest BCUT2D eigenvalue weighted by Gasteiger charge is -2.30. The minimum Gasteiger partial charge on any atom is -0.455 e. The van der Waals surface area contributed by atoms with Gasteiger partial charge in [0.25, 0.3) is 0 Å². The van der Waals surface area contributed by atoms with Crippen molar-refractivity contribution in [1.82, 2.24) is 0 Å². The number of rotatable bonds is 9. The summed E-state index contributed by atoms with van der Waals surface area (Å²) in [6, 6.07) is 55.0. The number of benzene rings is 7. The zero-order chi connectivity index (χ0) is 37.3. The van der Waals surface area contributed by atoms with E-state index in [9.17, 15) is 0 Å². The molecule has 0 radical (unpaired) electrons. The molecule has 0 atom stereocenters. The quantitative estimate of drug-likeness (QED) is 0.138. The third-order valence-electron chi connectivity index (χ3n) is 10.6. The highest BCUT2D eigenvalue weighted by Crippen LogP contribution is 2.46. The van der Waals surface area contributed by atoms with Crippen molar-refractivity contribution >= 4 is 71.2 Å². The monoisotopic (exact) mass is 727 g/mol. The van der Waals surface area contributed by atoms with Crippen molar-refractivity contribution in [3.05, 3.63) is 198 Å². The number of nitrogens with zero attached hydrogens (tertiary/aromatic N) is 1. The molecule has 0 bridgehead atoms. The Bertz CT molecular complexity index is 2940. The lowest BCUT2D eigenvalue weighted by molar-refractivity contribution is 0.672. The van der Waals surface area contributed by atoms with Crippen LogP contribution in [0.5, 0.6) is 0 Å². The topological polar surface area (TPSA) is 16.4 Å². The number of allylic oxidation sites excluding steroid dienone is 5. The number of hydrogen-bond acceptors (Lipinski definition) is 3. The molecule has 0 unspecified atom stereocenters. The Morgan fingerprint density at radius 2 is 1.42 bits per heavy atom. The molecule has 7 aromatic carbocycles. The molecular formula is C52H41NOS. The van der Waals surface area contributed by atoms with E-state index < -0.39 is 0 Å². The van der Waals surface area contributed by atoms with Crippen LogP contribution in [0.15, 0.2) is 186 Å². The fraction of sp³-hybridized carbons (Fsp3) is 0.0769. The molecule has 2 aromatic heterocycles. The highest BCUT2D eigenvalue weighted by Gasteiger charge is 2.24. The maximum atomic E-state index is 6.52. The Kier molecular flexibility index (Phi) is 9.23. The average molecular weight is 728 g/mol. The average Bonchev–Trinajstić information content (AvgIpc) is 3.79. The summed E-state index contributed by atoms with van der Waals surface area (Å²) in [7, 11) is 0.